The highest BCUT2D eigenvalue weighted by molar-refractivity contribution is 7.09. The second-order valence-corrected chi connectivity index (χ2v) is 6.58. The molecule has 0 fully saturated rings. The molecule has 0 spiro atoms. The van der Waals surface area contributed by atoms with Gasteiger partial charge >= 0.3 is 0 Å². The van der Waals surface area contributed by atoms with Crippen molar-refractivity contribution in [2.75, 3.05) is 13.2 Å². The number of nitrogens with one attached hydrogen (secondary N) is 1. The van der Waals surface area contributed by atoms with Gasteiger partial charge in [0, 0.05) is 11.9 Å². The van der Waals surface area contributed by atoms with Crippen LogP contribution in [-0.4, -0.2) is 24.0 Å². The molecule has 140 valence electrons. The third kappa shape index (κ3) is 6.07. The minimum Gasteiger partial charge on any atom is -0.494 e. The second-order valence-electron chi connectivity index (χ2n) is 5.64. The number of hydrogen-bond donors (Lipinski definition) is 1. The Hall–Kier alpha value is -2.93. The van der Waals surface area contributed by atoms with Crippen LogP contribution >= 0.6 is 11.3 Å². The summed E-state index contributed by atoms with van der Waals surface area (Å²) in [5, 5.41) is 5.19. The van der Waals surface area contributed by atoms with Gasteiger partial charge in [0.1, 0.15) is 34.6 Å². The van der Waals surface area contributed by atoms with Crippen molar-refractivity contribution >= 4 is 17.2 Å². The second kappa shape index (κ2) is 9.68. The van der Waals surface area contributed by atoms with Gasteiger partial charge in [0.15, 0.2) is 0 Å². The van der Waals surface area contributed by atoms with Crippen molar-refractivity contribution in [1.82, 2.24) is 10.3 Å². The van der Waals surface area contributed by atoms with Crippen LogP contribution in [0.15, 0.2) is 60.0 Å². The minimum atomic E-state index is -0.315. The van der Waals surface area contributed by atoms with Gasteiger partial charge in [0.2, 0.25) is 0 Å². The van der Waals surface area contributed by atoms with Gasteiger partial charge in [-0.05, 0) is 42.8 Å². The molecular weight excluding hydrogens is 367 g/mol. The maximum absolute atomic E-state index is 12.9. The Morgan fingerprint density at radius 3 is 2.56 bits per heavy atom. The number of amides is 1. The van der Waals surface area contributed by atoms with Crippen molar-refractivity contribution < 1.29 is 18.7 Å². The molecule has 0 aliphatic carbocycles. The number of hydrogen-bond acceptors (Lipinski definition) is 5. The van der Waals surface area contributed by atoms with Crippen LogP contribution in [0, 0.1) is 5.82 Å². The molecule has 3 rings (SSSR count). The fraction of sp³-hybridized carbons (Fsp3) is 0.200. The predicted molar refractivity (Wildman–Crippen MR) is 102 cm³/mol. The van der Waals surface area contributed by atoms with E-state index in [2.05, 4.69) is 10.3 Å². The van der Waals surface area contributed by atoms with E-state index in [1.807, 2.05) is 30.3 Å². The standard InChI is InChI=1S/C20H19FN2O3S/c21-15-7-9-17(10-8-15)26-13-19-23-18(14-27-19)20(24)22-11-4-12-25-16-5-2-1-3-6-16/h1-3,5-10,14H,4,11-13H2,(H,22,24). The highest BCUT2D eigenvalue weighted by Crippen LogP contribution is 2.16. The van der Waals surface area contributed by atoms with Crippen LogP contribution in [0.5, 0.6) is 11.5 Å². The normalized spacial score (nSPS) is 10.4. The zero-order valence-corrected chi connectivity index (χ0v) is 15.4. The predicted octanol–water partition coefficient (Wildman–Crippen LogP) is 4.06. The third-order valence-corrected chi connectivity index (χ3v) is 4.40. The summed E-state index contributed by atoms with van der Waals surface area (Å²) in [7, 11) is 0. The van der Waals surface area contributed by atoms with Crippen molar-refractivity contribution in [2.45, 2.75) is 13.0 Å². The molecule has 0 saturated heterocycles. The molecule has 0 bridgehead atoms. The number of ether oxygens (including phenoxy) is 2. The molecule has 3 aromatic rings. The van der Waals surface area contributed by atoms with Crippen LogP contribution < -0.4 is 14.8 Å². The van der Waals surface area contributed by atoms with E-state index in [-0.39, 0.29) is 18.3 Å². The van der Waals surface area contributed by atoms with Crippen molar-refractivity contribution in [2.24, 2.45) is 0 Å². The summed E-state index contributed by atoms with van der Waals surface area (Å²) in [6, 6.07) is 15.3. The Morgan fingerprint density at radius 2 is 1.78 bits per heavy atom. The number of halogens is 1. The number of nitrogens with zero attached hydrogens (tertiary/aromatic N) is 1. The molecular formula is C20H19FN2O3S. The van der Waals surface area contributed by atoms with E-state index < -0.39 is 0 Å². The SMILES string of the molecule is O=C(NCCCOc1ccccc1)c1csc(COc2ccc(F)cc2)n1. The maximum atomic E-state index is 12.9. The Labute approximate surface area is 160 Å². The van der Waals surface area contributed by atoms with Crippen molar-refractivity contribution in [1.29, 1.82) is 0 Å². The highest BCUT2D eigenvalue weighted by atomic mass is 32.1. The van der Waals surface area contributed by atoms with Crippen molar-refractivity contribution in [3.63, 3.8) is 0 Å². The van der Waals surface area contributed by atoms with Gasteiger partial charge in [0.25, 0.3) is 5.91 Å². The van der Waals surface area contributed by atoms with Crippen LogP contribution in [0.4, 0.5) is 4.39 Å². The molecule has 0 radical (unpaired) electrons. The van der Waals surface area contributed by atoms with E-state index in [9.17, 15) is 9.18 Å². The lowest BCUT2D eigenvalue weighted by atomic mass is 10.3. The fourth-order valence-electron chi connectivity index (χ4n) is 2.23. The number of carbonyl (C=O) groups excluding carboxylic acids is 1. The van der Waals surface area contributed by atoms with E-state index in [4.69, 9.17) is 9.47 Å². The molecule has 1 amide bonds. The molecule has 0 saturated carbocycles. The highest BCUT2D eigenvalue weighted by Gasteiger charge is 2.10. The first-order chi connectivity index (χ1) is 13.2. The van der Waals surface area contributed by atoms with Crippen molar-refractivity contribution in [3.8, 4) is 11.5 Å². The third-order valence-electron chi connectivity index (χ3n) is 3.58. The van der Waals surface area contributed by atoms with Crippen LogP contribution in [0.25, 0.3) is 0 Å². The van der Waals surface area contributed by atoms with Gasteiger partial charge in [-0.3, -0.25) is 4.79 Å². The molecule has 0 atom stereocenters. The number of benzene rings is 2. The molecule has 1 aromatic heterocycles. The average Bonchev–Trinajstić information content (AvgIpc) is 3.17. The van der Waals surface area contributed by atoms with Gasteiger partial charge < -0.3 is 14.8 Å². The zero-order valence-electron chi connectivity index (χ0n) is 14.6. The Bertz CT molecular complexity index is 853. The lowest BCUT2D eigenvalue weighted by Gasteiger charge is -2.06. The van der Waals surface area contributed by atoms with Crippen LogP contribution in [0.2, 0.25) is 0 Å². The lowest BCUT2D eigenvalue weighted by molar-refractivity contribution is 0.0947. The fourth-order valence-corrected chi connectivity index (χ4v) is 2.91. The number of para-hydroxylation sites is 1. The van der Waals surface area contributed by atoms with E-state index in [0.29, 0.717) is 36.0 Å². The van der Waals surface area contributed by atoms with Gasteiger partial charge in [-0.15, -0.1) is 11.3 Å². The molecule has 2 aromatic carbocycles. The lowest BCUT2D eigenvalue weighted by Crippen LogP contribution is -2.25. The number of aromatic nitrogens is 1. The Kier molecular flexibility index (Phi) is 6.76. The van der Waals surface area contributed by atoms with Gasteiger partial charge in [-0.25, -0.2) is 9.37 Å². The largest absolute Gasteiger partial charge is 0.494 e. The molecule has 7 heteroatoms. The molecule has 5 nitrogen and oxygen atoms in total. The summed E-state index contributed by atoms with van der Waals surface area (Å²) in [6.07, 6.45) is 0.700. The van der Waals surface area contributed by atoms with Gasteiger partial charge in [-0.1, -0.05) is 18.2 Å². The number of rotatable bonds is 9. The van der Waals surface area contributed by atoms with Crippen LogP contribution in [-0.2, 0) is 6.61 Å². The summed E-state index contributed by atoms with van der Waals surface area (Å²) < 4.78 is 24.0. The smallest absolute Gasteiger partial charge is 0.270 e. The Balaban J connectivity index is 1.37. The van der Waals surface area contributed by atoms with Crippen molar-refractivity contribution in [3.05, 3.63) is 76.5 Å². The maximum Gasteiger partial charge on any atom is 0.270 e. The molecule has 0 aliphatic heterocycles. The molecule has 0 unspecified atom stereocenters. The van der Waals surface area contributed by atoms with E-state index in [1.54, 1.807) is 17.5 Å². The molecule has 27 heavy (non-hydrogen) atoms. The van der Waals surface area contributed by atoms with E-state index >= 15 is 0 Å². The Morgan fingerprint density at radius 1 is 1.04 bits per heavy atom. The number of thiazole rings is 1. The van der Waals surface area contributed by atoms with Gasteiger partial charge in [0.05, 0.1) is 6.61 Å². The summed E-state index contributed by atoms with van der Waals surface area (Å²) in [4.78, 5) is 16.4. The van der Waals surface area contributed by atoms with E-state index in [0.717, 1.165) is 5.75 Å². The first kappa shape index (κ1) is 18.8. The summed E-state index contributed by atoms with van der Waals surface area (Å²) in [6.45, 7) is 1.26. The average molecular weight is 386 g/mol. The van der Waals surface area contributed by atoms with E-state index in [1.165, 1.54) is 23.5 Å². The van der Waals surface area contributed by atoms with Gasteiger partial charge in [-0.2, -0.15) is 0 Å². The molecule has 1 heterocycles. The van der Waals surface area contributed by atoms with Crippen LogP contribution in [0.3, 0.4) is 0 Å². The number of carbonyl (C=O) groups is 1. The monoisotopic (exact) mass is 386 g/mol. The van der Waals surface area contributed by atoms with Crippen LogP contribution in [0.1, 0.15) is 21.9 Å². The zero-order chi connectivity index (χ0) is 18.9. The summed E-state index contributed by atoms with van der Waals surface area (Å²) in [5.74, 6) is 0.828. The summed E-state index contributed by atoms with van der Waals surface area (Å²) in [5.41, 5.74) is 0.363. The topological polar surface area (TPSA) is 60.5 Å². The quantitative estimate of drug-likeness (QED) is 0.564. The minimum absolute atomic E-state index is 0.223. The first-order valence-corrected chi connectivity index (χ1v) is 9.37. The molecule has 1 N–H and O–H groups in total. The molecule has 0 aliphatic rings. The summed E-state index contributed by atoms with van der Waals surface area (Å²) >= 11 is 1.35. The first-order valence-electron chi connectivity index (χ1n) is 8.49.